The van der Waals surface area contributed by atoms with Crippen molar-refractivity contribution in [1.82, 2.24) is 0 Å². The molecule has 2 aromatic rings. The average molecular weight is 377 g/mol. The quantitative estimate of drug-likeness (QED) is 0.342. The molecule has 27 heavy (non-hydrogen) atoms. The Labute approximate surface area is 163 Å². The fourth-order valence-corrected chi connectivity index (χ4v) is 2.99. The summed E-state index contributed by atoms with van der Waals surface area (Å²) in [4.78, 5) is 3.40. The number of aliphatic imine (C=N–C) groups is 1. The van der Waals surface area contributed by atoms with Crippen LogP contribution in [-0.2, 0) is 0 Å². The highest BCUT2D eigenvalue weighted by Gasteiger charge is 2.16. The zero-order valence-electron chi connectivity index (χ0n) is 15.0. The number of hydrogen-bond donors (Lipinski definition) is 0. The molecule has 2 unspecified atom stereocenters. The topological polar surface area (TPSA) is 12.4 Å². The van der Waals surface area contributed by atoms with E-state index < -0.39 is 17.3 Å². The Bertz CT molecular complexity index is 1010. The highest BCUT2D eigenvalue weighted by Crippen LogP contribution is 2.28. The molecule has 0 amide bonds. The third-order valence-electron chi connectivity index (χ3n) is 4.43. The number of benzene rings is 2. The van der Waals surface area contributed by atoms with Gasteiger partial charge in [-0.05, 0) is 48.3 Å². The van der Waals surface area contributed by atoms with Crippen LogP contribution in [0, 0.1) is 42.2 Å². The van der Waals surface area contributed by atoms with Crippen molar-refractivity contribution in [3.05, 3.63) is 83.0 Å². The van der Waals surface area contributed by atoms with E-state index in [0.717, 1.165) is 23.3 Å². The molecule has 0 N–H and O–H groups in total. The van der Waals surface area contributed by atoms with Crippen molar-refractivity contribution in [2.75, 3.05) is 0 Å². The maximum Gasteiger partial charge on any atom is 0.153 e. The molecule has 0 bridgehead atoms. The number of hydrogen-bond acceptors (Lipinski definition) is 2. The van der Waals surface area contributed by atoms with Crippen LogP contribution in [0.5, 0.6) is 0 Å². The SMILES string of the molecule is Cc1ccc(C2=CC(C)C(C#Cc3cc(F)c(N=C=S)c(F)c3)C=C2)cc1. The summed E-state index contributed by atoms with van der Waals surface area (Å²) >= 11 is 4.40. The molecule has 0 spiro atoms. The third-order valence-corrected chi connectivity index (χ3v) is 4.53. The van der Waals surface area contributed by atoms with Crippen LogP contribution >= 0.6 is 12.2 Å². The minimum absolute atomic E-state index is 0.0241. The first-order valence-corrected chi connectivity index (χ1v) is 8.94. The zero-order valence-corrected chi connectivity index (χ0v) is 15.8. The van der Waals surface area contributed by atoms with Gasteiger partial charge in [0, 0.05) is 11.5 Å². The second-order valence-electron chi connectivity index (χ2n) is 6.49. The van der Waals surface area contributed by atoms with Crippen molar-refractivity contribution < 1.29 is 8.78 Å². The number of thiocarbonyl (C=S) groups is 1. The predicted molar refractivity (Wildman–Crippen MR) is 109 cm³/mol. The van der Waals surface area contributed by atoms with Crippen molar-refractivity contribution in [2.45, 2.75) is 13.8 Å². The van der Waals surface area contributed by atoms with Crippen molar-refractivity contribution >= 4 is 28.6 Å². The molecule has 1 nitrogen and oxygen atoms in total. The molecule has 3 rings (SSSR count). The van der Waals surface area contributed by atoms with Gasteiger partial charge in [-0.2, -0.15) is 4.99 Å². The Morgan fingerprint density at radius 3 is 2.33 bits per heavy atom. The Morgan fingerprint density at radius 1 is 1.07 bits per heavy atom. The van der Waals surface area contributed by atoms with Crippen molar-refractivity contribution in [3.63, 3.8) is 0 Å². The number of isothiocyanates is 1. The summed E-state index contributed by atoms with van der Waals surface area (Å²) < 4.78 is 27.8. The summed E-state index contributed by atoms with van der Waals surface area (Å²) in [6.45, 7) is 4.14. The number of aryl methyl sites for hydroxylation is 1. The first-order chi connectivity index (χ1) is 13.0. The van der Waals surface area contributed by atoms with Crippen LogP contribution in [0.15, 0.2) is 59.6 Å². The second-order valence-corrected chi connectivity index (χ2v) is 6.68. The number of allylic oxidation sites excluding steroid dienone is 4. The molecule has 0 saturated heterocycles. The van der Waals surface area contributed by atoms with E-state index in [4.69, 9.17) is 0 Å². The smallest absolute Gasteiger partial charge is 0.153 e. The lowest BCUT2D eigenvalue weighted by molar-refractivity contribution is 0.587. The Kier molecular flexibility index (Phi) is 5.76. The third kappa shape index (κ3) is 4.46. The zero-order chi connectivity index (χ0) is 19.4. The van der Waals surface area contributed by atoms with Gasteiger partial charge in [-0.15, -0.1) is 0 Å². The van der Waals surface area contributed by atoms with Crippen LogP contribution < -0.4 is 0 Å². The van der Waals surface area contributed by atoms with Gasteiger partial charge < -0.3 is 0 Å². The Morgan fingerprint density at radius 2 is 1.74 bits per heavy atom. The van der Waals surface area contributed by atoms with E-state index >= 15 is 0 Å². The second kappa shape index (κ2) is 8.22. The lowest BCUT2D eigenvalue weighted by Gasteiger charge is -2.18. The van der Waals surface area contributed by atoms with E-state index in [1.807, 2.05) is 17.3 Å². The molecule has 0 aromatic heterocycles. The minimum Gasteiger partial charge on any atom is -0.204 e. The summed E-state index contributed by atoms with van der Waals surface area (Å²) in [6, 6.07) is 10.7. The molecule has 134 valence electrons. The summed E-state index contributed by atoms with van der Waals surface area (Å²) in [5, 5.41) is 1.97. The Balaban J connectivity index is 1.80. The average Bonchev–Trinajstić information content (AvgIpc) is 2.64. The molecule has 1 aliphatic carbocycles. The summed E-state index contributed by atoms with van der Waals surface area (Å²) in [5.41, 5.74) is 3.36. The van der Waals surface area contributed by atoms with Crippen LogP contribution in [0.25, 0.3) is 5.57 Å². The van der Waals surface area contributed by atoms with Crippen molar-refractivity contribution in [2.24, 2.45) is 16.8 Å². The monoisotopic (exact) mass is 377 g/mol. The van der Waals surface area contributed by atoms with Gasteiger partial charge in [-0.3, -0.25) is 0 Å². The molecule has 0 radical (unpaired) electrons. The summed E-state index contributed by atoms with van der Waals surface area (Å²) in [6.07, 6.45) is 6.25. The van der Waals surface area contributed by atoms with Gasteiger partial charge in [0.25, 0.3) is 0 Å². The van der Waals surface area contributed by atoms with Gasteiger partial charge >= 0.3 is 0 Å². The normalized spacial score (nSPS) is 18.1. The predicted octanol–water partition coefficient (Wildman–Crippen LogP) is 6.26. The molecule has 4 heteroatoms. The maximum atomic E-state index is 13.9. The van der Waals surface area contributed by atoms with E-state index in [-0.39, 0.29) is 17.4 Å². The van der Waals surface area contributed by atoms with E-state index in [2.05, 4.69) is 73.2 Å². The van der Waals surface area contributed by atoms with E-state index in [9.17, 15) is 8.78 Å². The van der Waals surface area contributed by atoms with Gasteiger partial charge in [-0.1, -0.05) is 66.8 Å². The molecule has 0 aliphatic heterocycles. The molecule has 1 aliphatic rings. The fourth-order valence-electron chi connectivity index (χ4n) is 2.90. The van der Waals surface area contributed by atoms with Gasteiger partial charge in [0.15, 0.2) is 11.6 Å². The lowest BCUT2D eigenvalue weighted by Crippen LogP contribution is -2.08. The molecule has 2 atom stereocenters. The Hall–Kier alpha value is -2.86. The van der Waals surface area contributed by atoms with E-state index in [1.54, 1.807) is 0 Å². The lowest BCUT2D eigenvalue weighted by atomic mass is 9.85. The van der Waals surface area contributed by atoms with Gasteiger partial charge in [0.1, 0.15) is 5.69 Å². The van der Waals surface area contributed by atoms with Crippen LogP contribution in [0.1, 0.15) is 23.6 Å². The highest BCUT2D eigenvalue weighted by atomic mass is 32.1. The molecule has 0 fully saturated rings. The van der Waals surface area contributed by atoms with Gasteiger partial charge in [0.2, 0.25) is 0 Å². The first-order valence-electron chi connectivity index (χ1n) is 8.53. The standard InChI is InChI=1S/C23H17F2NS/c1-15-3-6-19(7-4-15)20-10-9-18(16(2)11-20)8-5-17-12-21(24)23(26-14-27)22(25)13-17/h3-4,6-7,9-13,16,18H,1-2H3. The number of rotatable bonds is 2. The summed E-state index contributed by atoms with van der Waals surface area (Å²) in [7, 11) is 0. The van der Waals surface area contributed by atoms with Crippen LogP contribution in [-0.4, -0.2) is 5.16 Å². The molecule has 2 aromatic carbocycles. The number of nitrogens with zero attached hydrogens (tertiary/aromatic N) is 1. The number of halogens is 2. The molecular formula is C23H17F2NS. The van der Waals surface area contributed by atoms with Crippen LogP contribution in [0.4, 0.5) is 14.5 Å². The van der Waals surface area contributed by atoms with Crippen molar-refractivity contribution in [3.8, 4) is 11.8 Å². The largest absolute Gasteiger partial charge is 0.204 e. The highest BCUT2D eigenvalue weighted by molar-refractivity contribution is 7.78. The van der Waals surface area contributed by atoms with Gasteiger partial charge in [0.05, 0.1) is 5.16 Å². The molecular weight excluding hydrogens is 360 g/mol. The van der Waals surface area contributed by atoms with Crippen LogP contribution in [0.2, 0.25) is 0 Å². The van der Waals surface area contributed by atoms with Crippen molar-refractivity contribution in [1.29, 1.82) is 0 Å². The van der Waals surface area contributed by atoms with E-state index in [1.165, 1.54) is 5.56 Å². The van der Waals surface area contributed by atoms with Gasteiger partial charge in [-0.25, -0.2) is 8.78 Å². The van der Waals surface area contributed by atoms with Crippen LogP contribution in [0.3, 0.4) is 0 Å². The first kappa shape index (κ1) is 18.9. The minimum atomic E-state index is -0.801. The fraction of sp³-hybridized carbons (Fsp3) is 0.174. The van der Waals surface area contributed by atoms with E-state index in [0.29, 0.717) is 0 Å². The summed E-state index contributed by atoms with van der Waals surface area (Å²) in [5.74, 6) is 4.51. The maximum absolute atomic E-state index is 13.9. The molecule has 0 heterocycles. The molecule has 0 saturated carbocycles.